The number of hydrogen-bond donors (Lipinski definition) is 1. The van der Waals surface area contributed by atoms with E-state index in [1.54, 1.807) is 0 Å². The molecule has 0 bridgehead atoms. The lowest BCUT2D eigenvalue weighted by Gasteiger charge is -2.34. The van der Waals surface area contributed by atoms with Crippen LogP contribution in [0.5, 0.6) is 5.75 Å². The van der Waals surface area contributed by atoms with E-state index in [1.165, 1.54) is 0 Å². The van der Waals surface area contributed by atoms with E-state index in [4.69, 9.17) is 23.1 Å². The van der Waals surface area contributed by atoms with Crippen LogP contribution in [0.2, 0.25) is 38.3 Å². The van der Waals surface area contributed by atoms with Crippen LogP contribution in [0.4, 0.5) is 0 Å². The van der Waals surface area contributed by atoms with Gasteiger partial charge in [-0.2, -0.15) is 0 Å². The van der Waals surface area contributed by atoms with Gasteiger partial charge < -0.3 is 28.2 Å². The summed E-state index contributed by atoms with van der Waals surface area (Å²) in [7, 11) is -3.38. The Kier molecular flexibility index (Phi) is 17.3. The molecule has 7 nitrogen and oxygen atoms in total. The summed E-state index contributed by atoms with van der Waals surface area (Å²) in [6.45, 7) is 28.0. The van der Waals surface area contributed by atoms with Gasteiger partial charge in [-0.15, -0.1) is 0 Å². The Morgan fingerprint density at radius 2 is 1.16 bits per heavy atom. The van der Waals surface area contributed by atoms with Crippen molar-refractivity contribution >= 4 is 22.6 Å². The summed E-state index contributed by atoms with van der Waals surface area (Å²) in [5.41, 5.74) is 2.45. The second kappa shape index (κ2) is 18.7. The molecule has 0 atom stereocenters. The molecule has 1 aromatic rings. The highest BCUT2D eigenvalue weighted by atomic mass is 28.4. The Labute approximate surface area is 265 Å². The normalized spacial score (nSPS) is 13.0. The summed E-state index contributed by atoms with van der Waals surface area (Å²) in [4.78, 5) is 12.3. The first-order valence-electron chi connectivity index (χ1n) is 16.3. The second-order valence-corrected chi connectivity index (χ2v) is 23.8. The van der Waals surface area contributed by atoms with E-state index < -0.39 is 16.6 Å². The van der Waals surface area contributed by atoms with Gasteiger partial charge in [-0.1, -0.05) is 60.6 Å². The summed E-state index contributed by atoms with van der Waals surface area (Å²) in [6.07, 6.45) is 4.01. The minimum absolute atomic E-state index is 0.198. The highest BCUT2D eigenvalue weighted by Gasteiger charge is 2.32. The maximum absolute atomic E-state index is 12.3. The monoisotopic (exact) mass is 640 g/mol. The lowest BCUT2D eigenvalue weighted by molar-refractivity contribution is -0.145. The fourth-order valence-electron chi connectivity index (χ4n) is 5.13. The zero-order chi connectivity index (χ0) is 32.7. The molecule has 0 radical (unpaired) electrons. The van der Waals surface area contributed by atoms with Gasteiger partial charge in [-0.25, -0.2) is 0 Å². The first kappa shape index (κ1) is 39.8. The summed E-state index contributed by atoms with van der Waals surface area (Å²) < 4.78 is 29.1. The molecule has 43 heavy (non-hydrogen) atoms. The smallest absolute Gasteiger partial charge is 0.306 e. The number of benzene rings is 1. The molecule has 1 aromatic carbocycles. The SMILES string of the molecule is CCCOCCC[Si](C)(C)O[Si](C)(C)CCCOCCOCCOC(=O)CCc1cc(C(C)(C)C)c(O)c(C(C)(C)C)c1. The van der Waals surface area contributed by atoms with Crippen molar-refractivity contribution in [2.75, 3.05) is 46.2 Å². The van der Waals surface area contributed by atoms with Crippen molar-refractivity contribution in [2.24, 2.45) is 0 Å². The third-order valence-electron chi connectivity index (χ3n) is 7.30. The van der Waals surface area contributed by atoms with Crippen LogP contribution in [0.1, 0.15) is 90.8 Å². The first-order chi connectivity index (χ1) is 19.9. The van der Waals surface area contributed by atoms with Gasteiger partial charge in [-0.05, 0) is 91.5 Å². The Morgan fingerprint density at radius 1 is 0.721 bits per heavy atom. The number of phenols is 1. The standard InChI is InChI=1S/C34H64O7Si2/c1-12-17-37-18-13-24-42(8,9)41-43(10,11)25-14-19-38-20-21-39-22-23-40-31(35)16-15-28-26-29(33(2,3)4)32(36)30(27-28)34(5,6)7/h26-27,36H,12-25H2,1-11H3. The van der Waals surface area contributed by atoms with E-state index in [2.05, 4.69) is 74.7 Å². The van der Waals surface area contributed by atoms with Crippen LogP contribution in [0.15, 0.2) is 12.1 Å². The van der Waals surface area contributed by atoms with Gasteiger partial charge in [0.05, 0.1) is 19.8 Å². The average molecular weight is 641 g/mol. The van der Waals surface area contributed by atoms with E-state index in [-0.39, 0.29) is 29.8 Å². The third-order valence-corrected chi connectivity index (χ3v) is 14.8. The van der Waals surface area contributed by atoms with Crippen molar-refractivity contribution in [2.45, 2.75) is 130 Å². The number of hydrogen-bond acceptors (Lipinski definition) is 7. The molecule has 0 saturated heterocycles. The fourth-order valence-corrected chi connectivity index (χ4v) is 13.9. The minimum atomic E-state index is -1.72. The van der Waals surface area contributed by atoms with E-state index in [0.717, 1.165) is 61.3 Å². The number of rotatable bonds is 21. The van der Waals surface area contributed by atoms with Gasteiger partial charge in [-0.3, -0.25) is 4.79 Å². The number of carbonyl (C=O) groups excluding carboxylic acids is 1. The molecule has 0 spiro atoms. The number of carbonyl (C=O) groups is 1. The van der Waals surface area contributed by atoms with Crippen molar-refractivity contribution in [3.63, 3.8) is 0 Å². The van der Waals surface area contributed by atoms with Crippen LogP contribution >= 0.6 is 0 Å². The highest BCUT2D eigenvalue weighted by molar-refractivity contribution is 6.84. The average Bonchev–Trinajstić information content (AvgIpc) is 2.86. The van der Waals surface area contributed by atoms with Crippen molar-refractivity contribution in [3.05, 3.63) is 28.8 Å². The predicted octanol–water partition coefficient (Wildman–Crippen LogP) is 8.13. The van der Waals surface area contributed by atoms with Gasteiger partial charge in [0.1, 0.15) is 12.4 Å². The maximum atomic E-state index is 12.3. The van der Waals surface area contributed by atoms with Crippen molar-refractivity contribution in [3.8, 4) is 5.75 Å². The fraction of sp³-hybridized carbons (Fsp3) is 0.794. The molecule has 0 amide bonds. The van der Waals surface area contributed by atoms with Crippen molar-refractivity contribution < 1.29 is 33.0 Å². The molecule has 250 valence electrons. The van der Waals surface area contributed by atoms with Crippen LogP contribution < -0.4 is 0 Å². The molecule has 0 fully saturated rings. The molecular formula is C34H64O7Si2. The van der Waals surface area contributed by atoms with Gasteiger partial charge in [0.15, 0.2) is 16.6 Å². The molecule has 1 rings (SSSR count). The predicted molar refractivity (Wildman–Crippen MR) is 182 cm³/mol. The molecule has 0 aliphatic rings. The summed E-state index contributed by atoms with van der Waals surface area (Å²) in [5, 5.41) is 10.9. The Morgan fingerprint density at radius 3 is 1.63 bits per heavy atom. The molecule has 0 heterocycles. The summed E-state index contributed by atoms with van der Waals surface area (Å²) >= 11 is 0. The molecule has 0 saturated carbocycles. The lowest BCUT2D eigenvalue weighted by Crippen LogP contribution is -2.44. The second-order valence-electron chi connectivity index (χ2n) is 14.9. The van der Waals surface area contributed by atoms with Crippen LogP contribution in [-0.4, -0.2) is 74.0 Å². The van der Waals surface area contributed by atoms with Crippen molar-refractivity contribution in [1.82, 2.24) is 0 Å². The molecule has 1 N–H and O–H groups in total. The van der Waals surface area contributed by atoms with Crippen LogP contribution in [-0.2, 0) is 45.1 Å². The van der Waals surface area contributed by atoms with Crippen LogP contribution in [0.3, 0.4) is 0 Å². The number of ether oxygens (including phenoxy) is 4. The third kappa shape index (κ3) is 17.1. The highest BCUT2D eigenvalue weighted by Crippen LogP contribution is 2.40. The van der Waals surface area contributed by atoms with Crippen LogP contribution in [0, 0.1) is 0 Å². The Hall–Kier alpha value is -1.24. The quantitative estimate of drug-likeness (QED) is 0.0825. The van der Waals surface area contributed by atoms with E-state index in [9.17, 15) is 9.90 Å². The number of phenolic OH excluding ortho intramolecular Hbond substituents is 1. The number of esters is 1. The van der Waals surface area contributed by atoms with Crippen molar-refractivity contribution in [1.29, 1.82) is 0 Å². The number of aryl methyl sites for hydroxylation is 1. The van der Waals surface area contributed by atoms with Gasteiger partial charge in [0, 0.05) is 26.2 Å². The molecule has 0 aromatic heterocycles. The van der Waals surface area contributed by atoms with Gasteiger partial charge in [0.25, 0.3) is 0 Å². The molecule has 9 heteroatoms. The molecule has 0 aliphatic heterocycles. The number of aromatic hydroxyl groups is 1. The minimum Gasteiger partial charge on any atom is -0.507 e. The summed E-state index contributed by atoms with van der Waals surface area (Å²) in [5.74, 6) is 0.111. The molecule has 0 aliphatic carbocycles. The molecular weight excluding hydrogens is 577 g/mol. The maximum Gasteiger partial charge on any atom is 0.306 e. The zero-order valence-electron chi connectivity index (χ0n) is 29.5. The Bertz CT molecular complexity index is 914. The van der Waals surface area contributed by atoms with E-state index in [0.29, 0.717) is 38.6 Å². The first-order valence-corrected chi connectivity index (χ1v) is 22.6. The summed E-state index contributed by atoms with van der Waals surface area (Å²) in [6, 6.07) is 6.27. The van der Waals surface area contributed by atoms with Gasteiger partial charge in [0.2, 0.25) is 0 Å². The Balaban J connectivity index is 2.24. The van der Waals surface area contributed by atoms with Gasteiger partial charge >= 0.3 is 5.97 Å². The lowest BCUT2D eigenvalue weighted by atomic mass is 9.78. The molecule has 0 unspecified atom stereocenters. The largest absolute Gasteiger partial charge is 0.507 e. The van der Waals surface area contributed by atoms with E-state index >= 15 is 0 Å². The zero-order valence-corrected chi connectivity index (χ0v) is 31.5. The van der Waals surface area contributed by atoms with E-state index in [1.807, 2.05) is 12.1 Å². The topological polar surface area (TPSA) is 83.5 Å². The van der Waals surface area contributed by atoms with Crippen LogP contribution in [0.25, 0.3) is 0 Å².